The number of halogens is 1. The summed E-state index contributed by atoms with van der Waals surface area (Å²) in [5.41, 5.74) is 0.0486. The van der Waals surface area contributed by atoms with E-state index in [1.165, 1.54) is 24.1 Å². The Hall–Kier alpha value is -1.86. The Morgan fingerprint density at radius 2 is 2.19 bits per heavy atom. The predicted octanol–water partition coefficient (Wildman–Crippen LogP) is 2.13. The molecule has 0 aliphatic rings. The lowest BCUT2D eigenvalue weighted by atomic mass is 10.1. The highest BCUT2D eigenvalue weighted by Gasteiger charge is 2.24. The Labute approximate surface area is 127 Å². The monoisotopic (exact) mass is 315 g/mol. The zero-order valence-corrected chi connectivity index (χ0v) is 12.8. The van der Waals surface area contributed by atoms with Gasteiger partial charge in [-0.2, -0.15) is 0 Å². The van der Waals surface area contributed by atoms with Crippen molar-refractivity contribution >= 4 is 28.9 Å². The highest BCUT2D eigenvalue weighted by Crippen LogP contribution is 2.34. The molecule has 7 nitrogen and oxygen atoms in total. The molecule has 0 spiro atoms. The average molecular weight is 316 g/mol. The van der Waals surface area contributed by atoms with Crippen LogP contribution in [-0.2, 0) is 0 Å². The number of hydrogen-bond acceptors (Lipinski definition) is 5. The van der Waals surface area contributed by atoms with Crippen molar-refractivity contribution in [3.63, 3.8) is 0 Å². The van der Waals surface area contributed by atoms with Gasteiger partial charge in [-0.15, -0.1) is 0 Å². The summed E-state index contributed by atoms with van der Waals surface area (Å²) in [4.78, 5) is 24.1. The van der Waals surface area contributed by atoms with Gasteiger partial charge in [0.2, 0.25) is 0 Å². The fourth-order valence-corrected chi connectivity index (χ4v) is 2.02. The number of carbonyl (C=O) groups excluding carboxylic acids is 1. The highest BCUT2D eigenvalue weighted by molar-refractivity contribution is 6.34. The summed E-state index contributed by atoms with van der Waals surface area (Å²) in [5.74, 6) is -0.440. The number of rotatable bonds is 6. The smallest absolute Gasteiger partial charge is 0.294 e. The molecule has 1 atom stereocenters. The Balaban J connectivity index is 3.27. The van der Waals surface area contributed by atoms with Gasteiger partial charge in [-0.3, -0.25) is 14.9 Å². The van der Waals surface area contributed by atoms with Crippen molar-refractivity contribution in [1.82, 2.24) is 4.90 Å². The predicted molar refractivity (Wildman–Crippen MR) is 80.9 cm³/mol. The zero-order valence-electron chi connectivity index (χ0n) is 12.1. The van der Waals surface area contributed by atoms with Crippen LogP contribution in [0.4, 0.5) is 11.4 Å². The van der Waals surface area contributed by atoms with Crippen molar-refractivity contribution in [3.05, 3.63) is 32.8 Å². The molecule has 8 heteroatoms. The van der Waals surface area contributed by atoms with E-state index in [1.54, 1.807) is 13.8 Å². The lowest BCUT2D eigenvalue weighted by molar-refractivity contribution is -0.384. The maximum atomic E-state index is 12.3. The van der Waals surface area contributed by atoms with E-state index < -0.39 is 16.9 Å². The summed E-state index contributed by atoms with van der Waals surface area (Å²) >= 11 is 6.03. The third-order valence-corrected chi connectivity index (χ3v) is 3.41. The molecule has 0 bridgehead atoms. The zero-order chi connectivity index (χ0) is 16.2. The quantitative estimate of drug-likeness (QED) is 0.619. The molecule has 0 fully saturated rings. The number of amides is 1. The fourth-order valence-electron chi connectivity index (χ4n) is 1.74. The first-order chi connectivity index (χ1) is 9.83. The molecule has 21 heavy (non-hydrogen) atoms. The maximum absolute atomic E-state index is 12.3. The standard InChI is InChI=1S/C13H18ClN3O4/c1-4-15-12-10(14)5-9(6-11(12)17(20)21)13(19)16(3)8(2)7-18/h5-6,8,15,18H,4,7H2,1-3H3. The van der Waals surface area contributed by atoms with E-state index in [2.05, 4.69) is 5.32 Å². The van der Waals surface area contributed by atoms with Crippen LogP contribution in [0, 0.1) is 10.1 Å². The van der Waals surface area contributed by atoms with Gasteiger partial charge in [0.25, 0.3) is 11.6 Å². The first-order valence-corrected chi connectivity index (χ1v) is 6.81. The number of aliphatic hydroxyl groups is 1. The maximum Gasteiger partial charge on any atom is 0.294 e. The van der Waals surface area contributed by atoms with Crippen molar-refractivity contribution in [2.45, 2.75) is 19.9 Å². The molecular formula is C13H18ClN3O4. The second kappa shape index (κ2) is 7.24. The molecule has 1 rings (SSSR count). The van der Waals surface area contributed by atoms with Gasteiger partial charge in [0.05, 0.1) is 22.6 Å². The van der Waals surface area contributed by atoms with Gasteiger partial charge >= 0.3 is 0 Å². The molecule has 0 heterocycles. The number of aliphatic hydroxyl groups excluding tert-OH is 1. The number of benzene rings is 1. The van der Waals surface area contributed by atoms with E-state index >= 15 is 0 Å². The SMILES string of the molecule is CCNc1c(Cl)cc(C(=O)N(C)C(C)CO)cc1[N+](=O)[O-]. The van der Waals surface area contributed by atoms with E-state index in [0.717, 1.165) is 0 Å². The number of carbonyl (C=O) groups is 1. The summed E-state index contributed by atoms with van der Waals surface area (Å²) in [6, 6.07) is 2.17. The van der Waals surface area contributed by atoms with Crippen LogP contribution in [0.15, 0.2) is 12.1 Å². The number of nitrogens with one attached hydrogen (secondary N) is 1. The normalized spacial score (nSPS) is 11.9. The van der Waals surface area contributed by atoms with Crippen LogP contribution in [-0.4, -0.2) is 47.1 Å². The molecule has 0 saturated carbocycles. The number of nitrogens with zero attached hydrogens (tertiary/aromatic N) is 2. The molecule has 0 aliphatic heterocycles. The summed E-state index contributed by atoms with van der Waals surface area (Å²) in [6.45, 7) is 3.72. The summed E-state index contributed by atoms with van der Waals surface area (Å²) in [7, 11) is 1.52. The second-order valence-electron chi connectivity index (χ2n) is 4.59. The minimum absolute atomic E-state index is 0.108. The molecule has 0 aromatic heterocycles. The van der Waals surface area contributed by atoms with E-state index in [4.69, 9.17) is 16.7 Å². The van der Waals surface area contributed by atoms with Gasteiger partial charge in [0.1, 0.15) is 5.69 Å². The molecular weight excluding hydrogens is 298 g/mol. The van der Waals surface area contributed by atoms with Gasteiger partial charge in [0, 0.05) is 25.2 Å². The summed E-state index contributed by atoms with van der Waals surface area (Å²) < 4.78 is 0. The van der Waals surface area contributed by atoms with Crippen LogP contribution >= 0.6 is 11.6 Å². The summed E-state index contributed by atoms with van der Waals surface area (Å²) in [5, 5.41) is 23.1. The van der Waals surface area contributed by atoms with Gasteiger partial charge in [0.15, 0.2) is 0 Å². The average Bonchev–Trinajstić information content (AvgIpc) is 2.46. The Kier molecular flexibility index (Phi) is 5.92. The number of nitro groups is 1. The molecule has 1 unspecified atom stereocenters. The van der Waals surface area contributed by atoms with E-state index in [9.17, 15) is 14.9 Å². The van der Waals surface area contributed by atoms with Crippen molar-refractivity contribution in [2.24, 2.45) is 0 Å². The number of likely N-dealkylation sites (N-methyl/N-ethyl adjacent to an activating group) is 1. The van der Waals surface area contributed by atoms with Gasteiger partial charge in [-0.1, -0.05) is 11.6 Å². The molecule has 0 radical (unpaired) electrons. The van der Waals surface area contributed by atoms with Crippen molar-refractivity contribution in [2.75, 3.05) is 25.5 Å². The van der Waals surface area contributed by atoms with Crippen molar-refractivity contribution in [1.29, 1.82) is 0 Å². The Morgan fingerprint density at radius 3 is 2.67 bits per heavy atom. The minimum Gasteiger partial charge on any atom is -0.394 e. The van der Waals surface area contributed by atoms with Crippen LogP contribution in [0.1, 0.15) is 24.2 Å². The highest BCUT2D eigenvalue weighted by atomic mass is 35.5. The minimum atomic E-state index is -0.587. The number of nitro benzene ring substituents is 1. The van der Waals surface area contributed by atoms with E-state index in [1.807, 2.05) is 0 Å². The molecule has 1 aromatic rings. The number of hydrogen-bond donors (Lipinski definition) is 2. The van der Waals surface area contributed by atoms with E-state index in [0.29, 0.717) is 6.54 Å². The Bertz CT molecular complexity index is 550. The molecule has 1 aromatic carbocycles. The molecule has 1 amide bonds. The molecule has 0 aliphatic carbocycles. The van der Waals surface area contributed by atoms with Gasteiger partial charge in [-0.05, 0) is 19.9 Å². The first-order valence-electron chi connectivity index (χ1n) is 6.43. The lowest BCUT2D eigenvalue weighted by Crippen LogP contribution is -2.37. The number of anilines is 1. The second-order valence-corrected chi connectivity index (χ2v) is 4.99. The third-order valence-electron chi connectivity index (χ3n) is 3.11. The van der Waals surface area contributed by atoms with Crippen LogP contribution in [0.2, 0.25) is 5.02 Å². The van der Waals surface area contributed by atoms with Crippen LogP contribution in [0.25, 0.3) is 0 Å². The molecule has 0 saturated heterocycles. The fraction of sp³-hybridized carbons (Fsp3) is 0.462. The van der Waals surface area contributed by atoms with Crippen molar-refractivity contribution < 1.29 is 14.8 Å². The Morgan fingerprint density at radius 1 is 1.57 bits per heavy atom. The largest absolute Gasteiger partial charge is 0.394 e. The topological polar surface area (TPSA) is 95.7 Å². The van der Waals surface area contributed by atoms with Crippen molar-refractivity contribution in [3.8, 4) is 0 Å². The molecule has 2 N–H and O–H groups in total. The van der Waals surface area contributed by atoms with Crippen LogP contribution in [0.5, 0.6) is 0 Å². The van der Waals surface area contributed by atoms with Gasteiger partial charge in [-0.25, -0.2) is 0 Å². The summed E-state index contributed by atoms with van der Waals surface area (Å²) in [6.07, 6.45) is 0. The van der Waals surface area contributed by atoms with Gasteiger partial charge < -0.3 is 15.3 Å². The first kappa shape index (κ1) is 17.2. The third kappa shape index (κ3) is 3.83. The lowest BCUT2D eigenvalue weighted by Gasteiger charge is -2.23. The van der Waals surface area contributed by atoms with E-state index in [-0.39, 0.29) is 28.6 Å². The van der Waals surface area contributed by atoms with Crippen LogP contribution in [0.3, 0.4) is 0 Å². The van der Waals surface area contributed by atoms with Crippen LogP contribution < -0.4 is 5.32 Å². The molecule has 116 valence electrons.